The van der Waals surface area contributed by atoms with Crippen LogP contribution in [0.2, 0.25) is 0 Å². The maximum atomic E-state index is 9.27. The van der Waals surface area contributed by atoms with Gasteiger partial charge in [0.15, 0.2) is 12.4 Å². The number of fused-ring (bicyclic) bond motifs is 1. The summed E-state index contributed by atoms with van der Waals surface area (Å²) in [5.41, 5.74) is 7.88. The average Bonchev–Trinajstić information content (AvgIpc) is 3.49. The third kappa shape index (κ3) is 4.43. The number of hydrogen-bond acceptors (Lipinski definition) is 5. The predicted molar refractivity (Wildman–Crippen MR) is 132 cm³/mol. The third-order valence-corrected chi connectivity index (χ3v) is 6.09. The van der Waals surface area contributed by atoms with Crippen molar-refractivity contribution in [1.82, 2.24) is 14.9 Å². The Morgan fingerprint density at radius 3 is 2.50 bits per heavy atom. The van der Waals surface area contributed by atoms with Crippen molar-refractivity contribution in [3.8, 4) is 39.7 Å². The fourth-order valence-corrected chi connectivity index (χ4v) is 4.26. The van der Waals surface area contributed by atoms with E-state index in [0.29, 0.717) is 6.61 Å². The summed E-state index contributed by atoms with van der Waals surface area (Å²) in [5.74, 6) is 1.65. The van der Waals surface area contributed by atoms with Gasteiger partial charge in [-0.1, -0.05) is 17.3 Å². The molecule has 2 aromatic carbocycles. The number of H-pyrrole nitrogens is 2. The van der Waals surface area contributed by atoms with Gasteiger partial charge in [-0.15, -0.1) is 0 Å². The first-order valence-corrected chi connectivity index (χ1v) is 11.4. The minimum atomic E-state index is 0.646. The van der Waals surface area contributed by atoms with E-state index in [0.717, 1.165) is 70.3 Å². The van der Waals surface area contributed by atoms with Gasteiger partial charge in [-0.25, -0.2) is 9.97 Å². The highest BCUT2D eigenvalue weighted by Crippen LogP contribution is 2.35. The van der Waals surface area contributed by atoms with Crippen LogP contribution in [0.5, 0.6) is 5.75 Å². The Balaban J connectivity index is 1.50. The second-order valence-corrected chi connectivity index (χ2v) is 8.69. The second-order valence-electron chi connectivity index (χ2n) is 8.69. The molecule has 0 amide bonds. The highest BCUT2D eigenvalue weighted by Gasteiger charge is 2.21. The molecule has 0 aliphatic heterocycles. The van der Waals surface area contributed by atoms with Crippen molar-refractivity contribution < 1.29 is 14.9 Å². The Morgan fingerprint density at radius 2 is 1.76 bits per heavy atom. The van der Waals surface area contributed by atoms with Crippen molar-refractivity contribution in [3.05, 3.63) is 78.1 Å². The van der Waals surface area contributed by atoms with E-state index in [2.05, 4.69) is 32.2 Å². The number of benzene rings is 2. The zero-order valence-corrected chi connectivity index (χ0v) is 19.4. The fraction of sp³-hybridized carbons (Fsp3) is 0.222. The highest BCUT2D eigenvalue weighted by atomic mass is 16.5. The van der Waals surface area contributed by atoms with Gasteiger partial charge in [0.05, 0.1) is 17.1 Å². The monoisotopic (exact) mass is 454 g/mol. The number of oxime groups is 1. The van der Waals surface area contributed by atoms with Gasteiger partial charge in [-0.05, 0) is 62.8 Å². The number of rotatable bonds is 7. The van der Waals surface area contributed by atoms with Gasteiger partial charge in [0.1, 0.15) is 18.2 Å². The van der Waals surface area contributed by atoms with Crippen molar-refractivity contribution in [1.29, 1.82) is 0 Å². The molecule has 4 aromatic rings. The lowest BCUT2D eigenvalue weighted by atomic mass is 10.0. The number of aromatic nitrogens is 3. The fourth-order valence-electron chi connectivity index (χ4n) is 4.26. The summed E-state index contributed by atoms with van der Waals surface area (Å²) in [6.07, 6.45) is 5.44. The Kier molecular flexibility index (Phi) is 6.10. The summed E-state index contributed by atoms with van der Waals surface area (Å²) in [7, 11) is 4.06. The lowest BCUT2D eigenvalue weighted by Gasteiger charge is -2.11. The van der Waals surface area contributed by atoms with Crippen LogP contribution in [0.4, 0.5) is 0 Å². The molecule has 1 aliphatic rings. The number of hydrogen-bond donors (Lipinski definition) is 2. The summed E-state index contributed by atoms with van der Waals surface area (Å²) in [6.45, 7) is 1.51. The van der Waals surface area contributed by atoms with E-state index in [1.54, 1.807) is 0 Å². The minimum Gasteiger partial charge on any atom is -0.492 e. The largest absolute Gasteiger partial charge is 0.492 e. The predicted octanol–water partition coefficient (Wildman–Crippen LogP) is 4.29. The topological polar surface area (TPSA) is 87.9 Å². The standard InChI is InChI=1S/C27H27N5O2/c1-32(2)15-16-34-22-7-3-19(4-8-22)27-29-25(18-11-13-28-14-12-18)26(30-27)21-5-9-23-20(17-21)6-10-24(23)31-33/h3-5,7-9,11-14,17,33H,6,10,15-16H2,1-2H3,(H,29,30)/p+1. The van der Waals surface area contributed by atoms with Crippen LogP contribution < -0.4 is 9.72 Å². The van der Waals surface area contributed by atoms with Gasteiger partial charge >= 0.3 is 0 Å². The first-order valence-electron chi connectivity index (χ1n) is 11.4. The van der Waals surface area contributed by atoms with Crippen LogP contribution in [-0.4, -0.2) is 53.0 Å². The lowest BCUT2D eigenvalue weighted by molar-refractivity contribution is -0.377. The summed E-state index contributed by atoms with van der Waals surface area (Å²) in [5, 5.41) is 12.7. The van der Waals surface area contributed by atoms with E-state index in [9.17, 15) is 5.21 Å². The van der Waals surface area contributed by atoms with Gasteiger partial charge < -0.3 is 19.8 Å². The Morgan fingerprint density at radius 1 is 1.00 bits per heavy atom. The molecule has 172 valence electrons. The van der Waals surface area contributed by atoms with Crippen LogP contribution in [0, 0.1) is 0 Å². The van der Waals surface area contributed by atoms with E-state index in [1.165, 1.54) is 5.56 Å². The van der Waals surface area contributed by atoms with Crippen LogP contribution in [-0.2, 0) is 6.42 Å². The summed E-state index contributed by atoms with van der Waals surface area (Å²) < 4.78 is 5.83. The second kappa shape index (κ2) is 9.49. The first kappa shape index (κ1) is 21.9. The molecule has 0 spiro atoms. The maximum absolute atomic E-state index is 9.27. The molecule has 5 rings (SSSR count). The van der Waals surface area contributed by atoms with Crippen LogP contribution in [0.1, 0.15) is 17.5 Å². The van der Waals surface area contributed by atoms with E-state index >= 15 is 0 Å². The van der Waals surface area contributed by atoms with E-state index < -0.39 is 0 Å². The van der Waals surface area contributed by atoms with Crippen molar-refractivity contribution in [2.45, 2.75) is 12.8 Å². The molecule has 0 saturated heterocycles. The number of aromatic amines is 2. The molecular weight excluding hydrogens is 426 g/mol. The first-order chi connectivity index (χ1) is 16.6. The quantitative estimate of drug-likeness (QED) is 0.322. The average molecular weight is 455 g/mol. The zero-order chi connectivity index (χ0) is 23.5. The number of nitrogens with one attached hydrogen (secondary N) is 2. The maximum Gasteiger partial charge on any atom is 0.167 e. The molecule has 0 atom stereocenters. The van der Waals surface area contributed by atoms with Gasteiger partial charge in [-0.2, -0.15) is 0 Å². The van der Waals surface area contributed by atoms with E-state index in [-0.39, 0.29) is 0 Å². The van der Waals surface area contributed by atoms with Gasteiger partial charge in [0, 0.05) is 40.9 Å². The van der Waals surface area contributed by atoms with Crippen LogP contribution in [0.15, 0.2) is 72.1 Å². The van der Waals surface area contributed by atoms with Crippen molar-refractivity contribution in [2.75, 3.05) is 27.2 Å². The number of aryl methyl sites for hydroxylation is 1. The minimum absolute atomic E-state index is 0.646. The molecule has 0 bridgehead atoms. The van der Waals surface area contributed by atoms with E-state index in [4.69, 9.17) is 9.72 Å². The molecule has 7 heteroatoms. The smallest absolute Gasteiger partial charge is 0.167 e. The van der Waals surface area contributed by atoms with Gasteiger partial charge in [0.2, 0.25) is 0 Å². The normalized spacial score (nSPS) is 14.0. The van der Waals surface area contributed by atoms with Crippen LogP contribution in [0.25, 0.3) is 33.9 Å². The molecule has 0 radical (unpaired) electrons. The molecule has 0 unspecified atom stereocenters. The Labute approximate surface area is 198 Å². The molecular formula is C27H28N5O2+. The molecule has 2 aromatic heterocycles. The van der Waals surface area contributed by atoms with Gasteiger partial charge in [-0.3, -0.25) is 0 Å². The van der Waals surface area contributed by atoms with Gasteiger partial charge in [0.25, 0.3) is 0 Å². The molecule has 1 aliphatic carbocycles. The highest BCUT2D eigenvalue weighted by molar-refractivity contribution is 6.04. The van der Waals surface area contributed by atoms with Crippen molar-refractivity contribution in [2.24, 2.45) is 5.16 Å². The van der Waals surface area contributed by atoms with Crippen LogP contribution >= 0.6 is 0 Å². The molecule has 2 heterocycles. The number of pyridine rings is 1. The molecule has 0 fully saturated rings. The Bertz CT molecular complexity index is 1310. The third-order valence-electron chi connectivity index (χ3n) is 6.09. The SMILES string of the molecule is CN(C)CCOc1ccc(-c2nc(-c3ccc4c(c3)CCC4=NO)c(-c3cc[nH+]cc3)[nH]2)cc1. The molecule has 3 N–H and O–H groups in total. The zero-order valence-electron chi connectivity index (χ0n) is 19.4. The summed E-state index contributed by atoms with van der Waals surface area (Å²) >= 11 is 0. The Hall–Kier alpha value is -3.97. The van der Waals surface area contributed by atoms with Crippen molar-refractivity contribution in [3.63, 3.8) is 0 Å². The molecule has 0 saturated carbocycles. The molecule has 7 nitrogen and oxygen atoms in total. The number of imidazole rings is 1. The lowest BCUT2D eigenvalue weighted by Crippen LogP contribution is -2.19. The number of likely N-dealkylation sites (N-methyl/N-ethyl adjacent to an activating group) is 1. The van der Waals surface area contributed by atoms with Crippen molar-refractivity contribution >= 4 is 5.71 Å². The van der Waals surface area contributed by atoms with E-state index in [1.807, 2.05) is 69.0 Å². The molecule has 34 heavy (non-hydrogen) atoms. The number of ether oxygens (including phenoxy) is 1. The summed E-state index contributed by atoms with van der Waals surface area (Å²) in [4.78, 5) is 13.7. The summed E-state index contributed by atoms with van der Waals surface area (Å²) in [6, 6.07) is 18.3. The number of nitrogens with zero attached hydrogens (tertiary/aromatic N) is 3. The van der Waals surface area contributed by atoms with Crippen LogP contribution in [0.3, 0.4) is 0 Å².